The van der Waals surface area contributed by atoms with E-state index in [0.29, 0.717) is 66.6 Å². The number of anilines is 2. The number of ether oxygens (including phenoxy) is 1. The molecule has 0 bridgehead atoms. The first-order valence-electron chi connectivity index (χ1n) is 11.8. The zero-order valence-electron chi connectivity index (χ0n) is 20.1. The van der Waals surface area contributed by atoms with E-state index in [2.05, 4.69) is 40.9 Å². The smallest absolute Gasteiger partial charge is 0.269 e. The van der Waals surface area contributed by atoms with Crippen LogP contribution in [0.5, 0.6) is 0 Å². The summed E-state index contributed by atoms with van der Waals surface area (Å²) in [4.78, 5) is 25.4. The van der Waals surface area contributed by atoms with Crippen LogP contribution in [0.1, 0.15) is 28.3 Å². The summed E-state index contributed by atoms with van der Waals surface area (Å²) in [5.41, 5.74) is 1.79. The third-order valence-corrected chi connectivity index (χ3v) is 6.54. The van der Waals surface area contributed by atoms with Gasteiger partial charge in [-0.1, -0.05) is 0 Å². The molecule has 2 aliphatic heterocycles. The summed E-state index contributed by atoms with van der Waals surface area (Å²) < 4.78 is 21.8. The maximum atomic E-state index is 14.9. The first-order valence-corrected chi connectivity index (χ1v) is 11.8. The van der Waals surface area contributed by atoms with Crippen LogP contribution in [0, 0.1) is 5.41 Å². The van der Waals surface area contributed by atoms with Gasteiger partial charge in [0.1, 0.15) is 23.2 Å². The second kappa shape index (κ2) is 10.0. The van der Waals surface area contributed by atoms with Gasteiger partial charge in [-0.2, -0.15) is 4.98 Å². The number of H-pyrrole nitrogens is 1. The third kappa shape index (κ3) is 4.66. The monoisotopic (exact) mass is 496 g/mol. The van der Waals surface area contributed by atoms with E-state index in [1.807, 2.05) is 0 Å². The number of amides is 1. The molecule has 0 unspecified atom stereocenters. The molecule has 2 aliphatic rings. The average Bonchev–Trinajstić information content (AvgIpc) is 3.49. The highest BCUT2D eigenvalue weighted by molar-refractivity contribution is 6.14. The van der Waals surface area contributed by atoms with Crippen LogP contribution in [-0.2, 0) is 4.74 Å². The number of allylic oxidation sites excluding steroid dienone is 1. The molecule has 3 aromatic heterocycles. The highest BCUT2D eigenvalue weighted by Crippen LogP contribution is 2.25. The molecule has 0 aromatic carbocycles. The minimum absolute atomic E-state index is 0.215. The lowest BCUT2D eigenvalue weighted by atomic mass is 10.0. The molecular weight excluding hydrogens is 467 g/mol. The second-order valence-electron chi connectivity index (χ2n) is 8.81. The summed E-state index contributed by atoms with van der Waals surface area (Å²) in [6, 6.07) is 1.71. The van der Waals surface area contributed by atoms with Gasteiger partial charge in [-0.15, -0.1) is 5.10 Å². The molecule has 190 valence electrons. The van der Waals surface area contributed by atoms with Crippen molar-refractivity contribution in [2.75, 3.05) is 51.0 Å². The average molecular weight is 497 g/mol. The number of nitrogens with zero attached hydrogens (tertiary/aromatic N) is 5. The summed E-state index contributed by atoms with van der Waals surface area (Å²) in [5, 5.41) is 21.8. The number of imidazole rings is 1. The third-order valence-electron chi connectivity index (χ3n) is 6.54. The zero-order valence-corrected chi connectivity index (χ0v) is 20.1. The summed E-state index contributed by atoms with van der Waals surface area (Å²) in [5.74, 6) is 1.02. The lowest BCUT2D eigenvalue weighted by molar-refractivity contribution is -0.0794. The van der Waals surface area contributed by atoms with Crippen LogP contribution in [-0.4, -0.2) is 99.7 Å². The van der Waals surface area contributed by atoms with E-state index in [1.54, 1.807) is 43.0 Å². The molecule has 5 rings (SSSR count). The van der Waals surface area contributed by atoms with Crippen LogP contribution in [0.2, 0.25) is 0 Å². The quantitative estimate of drug-likeness (QED) is 0.292. The number of nitrogens with one attached hydrogen (secondary N) is 5. The Labute approximate surface area is 206 Å². The zero-order chi connectivity index (χ0) is 25.2. The number of likely N-dealkylation sites (tertiary alicyclic amines) is 1. The highest BCUT2D eigenvalue weighted by atomic mass is 19.1. The number of hydrogen-bond acceptors (Lipinski definition) is 9. The van der Waals surface area contributed by atoms with Crippen molar-refractivity contribution < 1.29 is 13.9 Å². The molecule has 1 amide bonds. The van der Waals surface area contributed by atoms with Crippen LogP contribution in [0.3, 0.4) is 0 Å². The number of carbonyl (C=O) groups is 1. The van der Waals surface area contributed by atoms with E-state index in [-0.39, 0.29) is 17.7 Å². The van der Waals surface area contributed by atoms with Gasteiger partial charge in [-0.25, -0.2) is 13.9 Å². The summed E-state index contributed by atoms with van der Waals surface area (Å²) in [7, 11) is 3.28. The number of carbonyl (C=O) groups excluding carboxylic acids is 1. The predicted octanol–water partition coefficient (Wildman–Crippen LogP) is 1.16. The molecule has 2 atom stereocenters. The van der Waals surface area contributed by atoms with Crippen LogP contribution in [0.4, 0.5) is 16.2 Å². The van der Waals surface area contributed by atoms with E-state index in [0.717, 1.165) is 6.54 Å². The van der Waals surface area contributed by atoms with Gasteiger partial charge >= 0.3 is 0 Å². The van der Waals surface area contributed by atoms with Gasteiger partial charge in [0, 0.05) is 38.9 Å². The Morgan fingerprint density at radius 2 is 2.19 bits per heavy atom. The van der Waals surface area contributed by atoms with Gasteiger partial charge in [-0.05, 0) is 24.6 Å². The van der Waals surface area contributed by atoms with Crippen molar-refractivity contribution in [3.05, 3.63) is 41.6 Å². The summed E-state index contributed by atoms with van der Waals surface area (Å²) in [6.45, 7) is 2.51. The minimum atomic E-state index is -1.04. The molecule has 0 saturated carbocycles. The van der Waals surface area contributed by atoms with Crippen molar-refractivity contribution in [3.63, 3.8) is 0 Å². The lowest BCUT2D eigenvalue weighted by Gasteiger charge is -2.42. The van der Waals surface area contributed by atoms with Crippen molar-refractivity contribution in [1.82, 2.24) is 34.8 Å². The van der Waals surface area contributed by atoms with Gasteiger partial charge in [0.05, 0.1) is 37.2 Å². The lowest BCUT2D eigenvalue weighted by Crippen LogP contribution is -2.57. The molecule has 5 N–H and O–H groups in total. The predicted molar refractivity (Wildman–Crippen MR) is 133 cm³/mol. The molecule has 5 heterocycles. The van der Waals surface area contributed by atoms with Gasteiger partial charge in [-0.3, -0.25) is 9.69 Å². The van der Waals surface area contributed by atoms with Crippen molar-refractivity contribution >= 4 is 35.0 Å². The first kappa shape index (κ1) is 23.9. The highest BCUT2D eigenvalue weighted by Gasteiger charge is 2.35. The summed E-state index contributed by atoms with van der Waals surface area (Å²) in [6.07, 6.45) is 5.99. The van der Waals surface area contributed by atoms with Crippen molar-refractivity contribution in [3.8, 4) is 0 Å². The standard InChI is InChI=1S/C23H29FN10O2/c1-26-21-20-14(16(25)3-4-19-28-9-18(29-19)22(35)27-2)5-8-34(20)32-23(31-21)30-17-6-7-33(10-15(17)24)13-11-36-12-13/h3-5,8-9,13,15,17,25H,6-7,10-12H2,1-2H3,(H,27,35)(H,28,29)(H2,26,30,31,32)/b4-3-,25-16?/t15-,17+/m1/s1. The molecule has 3 aromatic rings. The fourth-order valence-corrected chi connectivity index (χ4v) is 4.42. The number of piperidine rings is 1. The van der Waals surface area contributed by atoms with Gasteiger partial charge in [0.2, 0.25) is 5.95 Å². The maximum Gasteiger partial charge on any atom is 0.269 e. The van der Waals surface area contributed by atoms with Crippen LogP contribution >= 0.6 is 0 Å². The van der Waals surface area contributed by atoms with Gasteiger partial charge in [0.25, 0.3) is 5.91 Å². The number of hydrogen-bond donors (Lipinski definition) is 5. The maximum absolute atomic E-state index is 14.9. The van der Waals surface area contributed by atoms with Crippen molar-refractivity contribution in [2.24, 2.45) is 0 Å². The van der Waals surface area contributed by atoms with Crippen molar-refractivity contribution in [1.29, 1.82) is 5.41 Å². The fourth-order valence-electron chi connectivity index (χ4n) is 4.42. The minimum Gasteiger partial charge on any atom is -0.378 e. The Balaban J connectivity index is 1.31. The number of alkyl halides is 1. The molecule has 13 heteroatoms. The van der Waals surface area contributed by atoms with Gasteiger partial charge < -0.3 is 31.1 Å². The Bertz CT molecular complexity index is 1300. The normalized spacial score (nSPS) is 21.0. The Morgan fingerprint density at radius 1 is 1.36 bits per heavy atom. The molecule has 0 spiro atoms. The largest absolute Gasteiger partial charge is 0.378 e. The number of rotatable bonds is 8. The number of aromatic amines is 1. The van der Waals surface area contributed by atoms with Crippen LogP contribution < -0.4 is 16.0 Å². The van der Waals surface area contributed by atoms with Crippen molar-refractivity contribution in [2.45, 2.75) is 24.7 Å². The SMILES string of the molecule is CNC(=O)c1cnc(/C=C\C(=N)c2ccn3nc(N[C@H]4CCN(C5COC5)C[C@H]4F)nc(NC)c23)[nH]1. The van der Waals surface area contributed by atoms with E-state index >= 15 is 0 Å². The van der Waals surface area contributed by atoms with E-state index in [4.69, 9.17) is 10.1 Å². The molecule has 0 aliphatic carbocycles. The van der Waals surface area contributed by atoms with E-state index < -0.39 is 6.17 Å². The first-order chi connectivity index (χ1) is 17.5. The Hall–Kier alpha value is -3.84. The second-order valence-corrected chi connectivity index (χ2v) is 8.81. The topological polar surface area (TPSA) is 148 Å². The number of aromatic nitrogens is 5. The molecular formula is C23H29FN10O2. The summed E-state index contributed by atoms with van der Waals surface area (Å²) >= 11 is 0. The molecule has 2 fully saturated rings. The van der Waals surface area contributed by atoms with E-state index in [9.17, 15) is 9.18 Å². The van der Waals surface area contributed by atoms with Crippen LogP contribution in [0.25, 0.3) is 11.6 Å². The van der Waals surface area contributed by atoms with Gasteiger partial charge in [0.15, 0.2) is 5.82 Å². The molecule has 36 heavy (non-hydrogen) atoms. The number of halogens is 1. The Morgan fingerprint density at radius 3 is 2.89 bits per heavy atom. The fraction of sp³-hybridized carbons (Fsp3) is 0.435. The van der Waals surface area contributed by atoms with E-state index in [1.165, 1.54) is 6.20 Å². The molecule has 0 radical (unpaired) electrons. The van der Waals surface area contributed by atoms with Crippen LogP contribution in [0.15, 0.2) is 24.5 Å². The molecule has 2 saturated heterocycles. The number of fused-ring (bicyclic) bond motifs is 1. The Kier molecular flexibility index (Phi) is 6.65. The molecule has 12 nitrogen and oxygen atoms in total.